The van der Waals surface area contributed by atoms with E-state index in [1.807, 2.05) is 13.8 Å². The zero-order valence-corrected chi connectivity index (χ0v) is 26.4. The number of hydrogen-bond donors (Lipinski definition) is 1. The SMILES string of the molecule is CCOC(OCC)[C@H](O[Si](C)(C)C(C)(C)C)[C@@H](O[Si](C)(C)C(C)(C)C)C(O)C1COC(=S)S1. The number of thioether (sulfide) groups is 1. The third kappa shape index (κ3) is 8.53. The van der Waals surface area contributed by atoms with Gasteiger partial charge in [-0.05, 0) is 62.3 Å². The molecule has 1 aliphatic rings. The van der Waals surface area contributed by atoms with Crippen LogP contribution in [0.15, 0.2) is 0 Å². The van der Waals surface area contributed by atoms with Gasteiger partial charge in [-0.2, -0.15) is 0 Å². The van der Waals surface area contributed by atoms with E-state index in [0.717, 1.165) is 0 Å². The van der Waals surface area contributed by atoms with Crippen molar-refractivity contribution in [2.75, 3.05) is 19.8 Å². The number of hydrogen-bond acceptors (Lipinski definition) is 8. The number of thiocarbonyl (C=S) groups is 1. The van der Waals surface area contributed by atoms with Gasteiger partial charge < -0.3 is 28.2 Å². The van der Waals surface area contributed by atoms with Gasteiger partial charge in [0.2, 0.25) is 4.38 Å². The molecule has 0 amide bonds. The summed E-state index contributed by atoms with van der Waals surface area (Å²) in [5.41, 5.74) is 0. The van der Waals surface area contributed by atoms with Gasteiger partial charge >= 0.3 is 0 Å². The molecule has 0 spiro atoms. The standard InChI is InChI=1S/C23H48O6S2Si2/c1-13-25-20(26-14-2)19(29-33(11,12)23(6,7)8)18(28-32(9,10)22(3,4)5)17(24)16-15-27-21(30)31-16/h16-20,24H,13-15H2,1-12H3/t16?,17?,18-,19+/m0/s1. The second-order valence-corrected chi connectivity index (χ2v) is 23.0. The average Bonchev–Trinajstić information content (AvgIpc) is 3.08. The molecule has 0 radical (unpaired) electrons. The summed E-state index contributed by atoms with van der Waals surface area (Å²) in [6.07, 6.45) is -2.75. The first-order valence-electron chi connectivity index (χ1n) is 12.0. The molecule has 1 N–H and O–H groups in total. The first-order valence-corrected chi connectivity index (χ1v) is 19.1. The summed E-state index contributed by atoms with van der Waals surface area (Å²) >= 11 is 6.62. The maximum absolute atomic E-state index is 11.7. The van der Waals surface area contributed by atoms with Gasteiger partial charge in [-0.15, -0.1) is 0 Å². The fourth-order valence-electron chi connectivity index (χ4n) is 2.93. The van der Waals surface area contributed by atoms with Crippen LogP contribution in [0.1, 0.15) is 55.4 Å². The van der Waals surface area contributed by atoms with E-state index >= 15 is 0 Å². The summed E-state index contributed by atoms with van der Waals surface area (Å²) in [6, 6.07) is 0. The molecule has 0 bridgehead atoms. The van der Waals surface area contributed by atoms with Gasteiger partial charge in [0.05, 0.1) is 11.4 Å². The van der Waals surface area contributed by atoms with Crippen molar-refractivity contribution in [1.82, 2.24) is 0 Å². The van der Waals surface area contributed by atoms with Crippen LogP contribution in [-0.4, -0.2) is 75.8 Å². The highest BCUT2D eigenvalue weighted by Gasteiger charge is 2.51. The van der Waals surface area contributed by atoms with Gasteiger partial charge in [0.1, 0.15) is 18.8 Å². The summed E-state index contributed by atoms with van der Waals surface area (Å²) in [6.45, 7) is 27.1. The monoisotopic (exact) mass is 540 g/mol. The van der Waals surface area contributed by atoms with Crippen molar-refractivity contribution >= 4 is 45.0 Å². The molecule has 0 aromatic heterocycles. The van der Waals surface area contributed by atoms with Gasteiger partial charge in [-0.25, -0.2) is 0 Å². The molecule has 1 heterocycles. The van der Waals surface area contributed by atoms with E-state index in [-0.39, 0.29) is 15.3 Å². The van der Waals surface area contributed by atoms with Gasteiger partial charge in [0.25, 0.3) is 0 Å². The van der Waals surface area contributed by atoms with Crippen LogP contribution in [0.5, 0.6) is 0 Å². The quantitative estimate of drug-likeness (QED) is 0.185. The summed E-state index contributed by atoms with van der Waals surface area (Å²) < 4.78 is 31.9. The maximum atomic E-state index is 11.7. The van der Waals surface area contributed by atoms with Crippen molar-refractivity contribution in [3.8, 4) is 0 Å². The van der Waals surface area contributed by atoms with E-state index in [9.17, 15) is 5.11 Å². The molecule has 0 aromatic carbocycles. The Kier molecular flexibility index (Phi) is 11.6. The average molecular weight is 541 g/mol. The van der Waals surface area contributed by atoms with E-state index in [4.69, 9.17) is 35.3 Å². The smallest absolute Gasteiger partial charge is 0.220 e. The molecule has 0 aromatic rings. The van der Waals surface area contributed by atoms with Crippen LogP contribution >= 0.6 is 24.0 Å². The predicted molar refractivity (Wildman–Crippen MR) is 147 cm³/mol. The van der Waals surface area contributed by atoms with Crippen LogP contribution in [0.2, 0.25) is 36.3 Å². The molecule has 4 atom stereocenters. The van der Waals surface area contributed by atoms with Gasteiger partial charge in [-0.3, -0.25) is 0 Å². The molecule has 1 saturated heterocycles. The lowest BCUT2D eigenvalue weighted by Gasteiger charge is -2.48. The Morgan fingerprint density at radius 3 is 1.70 bits per heavy atom. The summed E-state index contributed by atoms with van der Waals surface area (Å²) in [7, 11) is -4.56. The summed E-state index contributed by atoms with van der Waals surface area (Å²) in [5.74, 6) is 0. The van der Waals surface area contributed by atoms with Crippen molar-refractivity contribution < 1.29 is 28.2 Å². The minimum Gasteiger partial charge on any atom is -0.477 e. The molecular formula is C23H48O6S2Si2. The molecule has 1 rings (SSSR count). The van der Waals surface area contributed by atoms with Crippen molar-refractivity contribution in [1.29, 1.82) is 0 Å². The number of aliphatic hydroxyl groups is 1. The second-order valence-electron chi connectivity index (χ2n) is 11.7. The highest BCUT2D eigenvalue weighted by Crippen LogP contribution is 2.43. The second kappa shape index (κ2) is 12.1. The van der Waals surface area contributed by atoms with Crippen LogP contribution in [0.4, 0.5) is 0 Å². The number of ether oxygens (including phenoxy) is 3. The molecule has 33 heavy (non-hydrogen) atoms. The van der Waals surface area contributed by atoms with Crippen LogP contribution in [0.25, 0.3) is 0 Å². The van der Waals surface area contributed by atoms with Crippen LogP contribution in [0.3, 0.4) is 0 Å². The molecular weight excluding hydrogens is 493 g/mol. The molecule has 0 aliphatic carbocycles. The maximum Gasteiger partial charge on any atom is 0.220 e. The minimum atomic E-state index is -2.29. The highest BCUT2D eigenvalue weighted by molar-refractivity contribution is 8.23. The van der Waals surface area contributed by atoms with E-state index in [0.29, 0.717) is 24.2 Å². The number of rotatable bonds is 12. The van der Waals surface area contributed by atoms with Crippen molar-refractivity contribution in [2.45, 2.75) is 122 Å². The fourth-order valence-corrected chi connectivity index (χ4v) is 6.77. The summed E-state index contributed by atoms with van der Waals surface area (Å²) in [4.78, 5) is 0. The van der Waals surface area contributed by atoms with E-state index < -0.39 is 41.2 Å². The lowest BCUT2D eigenvalue weighted by molar-refractivity contribution is -0.215. The molecule has 1 fully saturated rings. The van der Waals surface area contributed by atoms with Gasteiger partial charge in [0, 0.05) is 13.2 Å². The van der Waals surface area contributed by atoms with Gasteiger partial charge in [-0.1, -0.05) is 53.3 Å². The lowest BCUT2D eigenvalue weighted by atomic mass is 10.0. The van der Waals surface area contributed by atoms with Crippen LogP contribution < -0.4 is 0 Å². The molecule has 2 unspecified atom stereocenters. The Labute approximate surface area is 214 Å². The summed E-state index contributed by atoms with van der Waals surface area (Å²) in [5, 5.41) is 11.4. The lowest BCUT2D eigenvalue weighted by Crippen LogP contribution is -2.61. The Balaban J connectivity index is 3.55. The first-order chi connectivity index (χ1) is 14.9. The van der Waals surface area contributed by atoms with Crippen LogP contribution in [-0.2, 0) is 23.1 Å². The molecule has 6 nitrogen and oxygen atoms in total. The topological polar surface area (TPSA) is 66.4 Å². The third-order valence-corrected chi connectivity index (χ3v) is 17.4. The molecule has 10 heteroatoms. The van der Waals surface area contributed by atoms with Crippen molar-refractivity contribution in [3.05, 3.63) is 0 Å². The number of aliphatic hydroxyl groups excluding tert-OH is 1. The molecule has 0 saturated carbocycles. The molecule has 1 aliphatic heterocycles. The van der Waals surface area contributed by atoms with E-state index in [1.54, 1.807) is 0 Å². The van der Waals surface area contributed by atoms with E-state index in [2.05, 4.69) is 67.7 Å². The highest BCUT2D eigenvalue weighted by atomic mass is 32.2. The van der Waals surface area contributed by atoms with Crippen molar-refractivity contribution in [2.24, 2.45) is 0 Å². The minimum absolute atomic E-state index is 0.0342. The van der Waals surface area contributed by atoms with Gasteiger partial charge in [0.15, 0.2) is 22.9 Å². The largest absolute Gasteiger partial charge is 0.477 e. The van der Waals surface area contributed by atoms with Crippen LogP contribution in [0, 0.1) is 0 Å². The first kappa shape index (κ1) is 31.5. The molecule has 196 valence electrons. The Bertz CT molecular complexity index is 627. The Morgan fingerprint density at radius 1 is 0.939 bits per heavy atom. The zero-order chi connectivity index (χ0) is 25.8. The van der Waals surface area contributed by atoms with E-state index in [1.165, 1.54) is 11.8 Å². The normalized spacial score (nSPS) is 21.3. The Morgan fingerprint density at radius 2 is 1.36 bits per heavy atom. The zero-order valence-electron chi connectivity index (χ0n) is 22.8. The third-order valence-electron chi connectivity index (χ3n) is 7.06. The van der Waals surface area contributed by atoms with Crippen molar-refractivity contribution in [3.63, 3.8) is 0 Å². The Hall–Kier alpha value is 0.474. The predicted octanol–water partition coefficient (Wildman–Crippen LogP) is 5.94. The fraction of sp³-hybridized carbons (Fsp3) is 0.957.